The molecule has 24 heavy (non-hydrogen) atoms. The molecule has 128 valence electrons. The first-order chi connectivity index (χ1) is 11.6. The second kappa shape index (κ2) is 9.05. The van der Waals surface area contributed by atoms with E-state index in [0.29, 0.717) is 13.1 Å². The maximum atomic E-state index is 12.0. The van der Waals surface area contributed by atoms with Crippen LogP contribution in [-0.4, -0.2) is 25.7 Å². The summed E-state index contributed by atoms with van der Waals surface area (Å²) < 4.78 is 11.0. The number of nitrogens with two attached hydrogens (primary N) is 1. The van der Waals surface area contributed by atoms with E-state index in [4.69, 9.17) is 15.2 Å². The summed E-state index contributed by atoms with van der Waals surface area (Å²) in [7, 11) is 1.55. The number of nitrogens with one attached hydrogen (secondary N) is 1. The zero-order chi connectivity index (χ0) is 17.4. The number of para-hydroxylation sites is 1. The fourth-order valence-corrected chi connectivity index (χ4v) is 2.22. The van der Waals surface area contributed by atoms with Crippen LogP contribution in [0.3, 0.4) is 0 Å². The van der Waals surface area contributed by atoms with Gasteiger partial charge < -0.3 is 20.5 Å². The standard InChI is InChI=1S/C19H24N2O3/c1-14-7-9-16(10-8-14)24-18-6-4-3-5-15(18)13-21-19(22)11-17(12-20)23-2/h3-10,17H,11-13,20H2,1-2H3,(H,21,22). The average molecular weight is 328 g/mol. The fraction of sp³-hybridized carbons (Fsp3) is 0.316. The Morgan fingerprint density at radius 1 is 1.17 bits per heavy atom. The predicted octanol–water partition coefficient (Wildman–Crippen LogP) is 2.77. The minimum Gasteiger partial charge on any atom is -0.457 e. The van der Waals surface area contributed by atoms with Crippen LogP contribution >= 0.6 is 0 Å². The summed E-state index contributed by atoms with van der Waals surface area (Å²) in [6.07, 6.45) is -0.0161. The Morgan fingerprint density at radius 3 is 2.54 bits per heavy atom. The van der Waals surface area contributed by atoms with Crippen molar-refractivity contribution >= 4 is 5.91 Å². The molecule has 3 N–H and O–H groups in total. The molecule has 1 atom stereocenters. The second-order valence-electron chi connectivity index (χ2n) is 5.60. The molecule has 0 bridgehead atoms. The van der Waals surface area contributed by atoms with Gasteiger partial charge in [-0.2, -0.15) is 0 Å². The van der Waals surface area contributed by atoms with Gasteiger partial charge >= 0.3 is 0 Å². The van der Waals surface area contributed by atoms with Crippen LogP contribution in [0.4, 0.5) is 0 Å². The maximum Gasteiger partial charge on any atom is 0.222 e. The van der Waals surface area contributed by atoms with E-state index < -0.39 is 0 Å². The molecule has 2 aromatic rings. The van der Waals surface area contributed by atoms with E-state index in [-0.39, 0.29) is 18.4 Å². The van der Waals surface area contributed by atoms with Crippen LogP contribution in [0.15, 0.2) is 48.5 Å². The van der Waals surface area contributed by atoms with Crippen LogP contribution in [-0.2, 0) is 16.1 Å². The van der Waals surface area contributed by atoms with Crippen molar-refractivity contribution in [2.75, 3.05) is 13.7 Å². The van der Waals surface area contributed by atoms with Crippen LogP contribution in [0.25, 0.3) is 0 Å². The molecule has 2 aromatic carbocycles. The highest BCUT2D eigenvalue weighted by molar-refractivity contribution is 5.76. The van der Waals surface area contributed by atoms with Gasteiger partial charge in [0.05, 0.1) is 12.5 Å². The van der Waals surface area contributed by atoms with E-state index in [1.54, 1.807) is 7.11 Å². The molecule has 0 aromatic heterocycles. The highest BCUT2D eigenvalue weighted by Gasteiger charge is 2.12. The summed E-state index contributed by atoms with van der Waals surface area (Å²) in [5, 5.41) is 2.88. The normalized spacial score (nSPS) is 11.8. The van der Waals surface area contributed by atoms with Crippen molar-refractivity contribution in [2.45, 2.75) is 26.0 Å². The predicted molar refractivity (Wildman–Crippen MR) is 94.0 cm³/mol. The molecule has 0 spiro atoms. The van der Waals surface area contributed by atoms with Gasteiger partial charge in [0, 0.05) is 25.8 Å². The van der Waals surface area contributed by atoms with Crippen molar-refractivity contribution in [1.82, 2.24) is 5.32 Å². The number of ether oxygens (including phenoxy) is 2. The van der Waals surface area contributed by atoms with E-state index in [1.165, 1.54) is 5.56 Å². The van der Waals surface area contributed by atoms with Crippen molar-refractivity contribution in [3.8, 4) is 11.5 Å². The van der Waals surface area contributed by atoms with E-state index in [9.17, 15) is 4.79 Å². The molecule has 0 aliphatic rings. The van der Waals surface area contributed by atoms with Gasteiger partial charge in [-0.3, -0.25) is 4.79 Å². The summed E-state index contributed by atoms with van der Waals surface area (Å²) in [6, 6.07) is 15.5. The van der Waals surface area contributed by atoms with Gasteiger partial charge in [-0.25, -0.2) is 0 Å². The highest BCUT2D eigenvalue weighted by Crippen LogP contribution is 2.25. The Bertz CT molecular complexity index is 652. The van der Waals surface area contributed by atoms with Gasteiger partial charge in [0.2, 0.25) is 5.91 Å². The molecular weight excluding hydrogens is 304 g/mol. The maximum absolute atomic E-state index is 12.0. The Hall–Kier alpha value is -2.37. The van der Waals surface area contributed by atoms with Gasteiger partial charge in [0.25, 0.3) is 0 Å². The minimum absolute atomic E-state index is 0.0996. The van der Waals surface area contributed by atoms with Crippen molar-refractivity contribution in [1.29, 1.82) is 0 Å². The molecule has 0 fully saturated rings. The molecule has 0 saturated carbocycles. The fourth-order valence-electron chi connectivity index (χ4n) is 2.22. The molecule has 0 saturated heterocycles. The van der Waals surface area contributed by atoms with E-state index in [2.05, 4.69) is 5.32 Å². The third kappa shape index (κ3) is 5.37. The Kier molecular flexibility index (Phi) is 6.78. The molecule has 0 aliphatic heterocycles. The Labute approximate surface area is 142 Å². The smallest absolute Gasteiger partial charge is 0.222 e. The van der Waals surface area contributed by atoms with Crippen LogP contribution in [0.1, 0.15) is 17.5 Å². The van der Waals surface area contributed by atoms with Gasteiger partial charge in [-0.15, -0.1) is 0 Å². The topological polar surface area (TPSA) is 73.6 Å². The minimum atomic E-state index is -0.260. The monoisotopic (exact) mass is 328 g/mol. The highest BCUT2D eigenvalue weighted by atomic mass is 16.5. The molecule has 0 heterocycles. The third-order valence-electron chi connectivity index (χ3n) is 3.71. The molecular formula is C19H24N2O3. The molecule has 0 aliphatic carbocycles. The number of carbonyl (C=O) groups excluding carboxylic acids is 1. The number of hydrogen-bond donors (Lipinski definition) is 2. The number of hydrogen-bond acceptors (Lipinski definition) is 4. The van der Waals surface area contributed by atoms with E-state index in [0.717, 1.165) is 17.1 Å². The van der Waals surface area contributed by atoms with Crippen molar-refractivity contribution in [2.24, 2.45) is 5.73 Å². The lowest BCUT2D eigenvalue weighted by Crippen LogP contribution is -2.31. The van der Waals surface area contributed by atoms with E-state index >= 15 is 0 Å². The summed E-state index contributed by atoms with van der Waals surface area (Å²) in [5.41, 5.74) is 7.62. The number of methoxy groups -OCH3 is 1. The summed E-state index contributed by atoms with van der Waals surface area (Å²) >= 11 is 0. The van der Waals surface area contributed by atoms with Crippen LogP contribution in [0, 0.1) is 6.92 Å². The SMILES string of the molecule is COC(CN)CC(=O)NCc1ccccc1Oc1ccc(C)cc1. The van der Waals surface area contributed by atoms with Gasteiger partial charge in [-0.1, -0.05) is 35.9 Å². The Balaban J connectivity index is 1.98. The molecule has 1 unspecified atom stereocenters. The van der Waals surface area contributed by atoms with Gasteiger partial charge in [-0.05, 0) is 25.1 Å². The quantitative estimate of drug-likeness (QED) is 0.781. The van der Waals surface area contributed by atoms with Crippen LogP contribution in [0.5, 0.6) is 11.5 Å². The number of rotatable bonds is 8. The first-order valence-electron chi connectivity index (χ1n) is 7.94. The molecule has 1 amide bonds. The first kappa shape index (κ1) is 18.0. The number of amides is 1. The average Bonchev–Trinajstić information content (AvgIpc) is 2.61. The molecule has 0 radical (unpaired) electrons. The largest absolute Gasteiger partial charge is 0.457 e. The molecule has 5 heteroatoms. The van der Waals surface area contributed by atoms with Crippen molar-refractivity contribution in [3.05, 3.63) is 59.7 Å². The number of carbonyl (C=O) groups is 1. The lowest BCUT2D eigenvalue weighted by atomic mass is 10.2. The van der Waals surface area contributed by atoms with Crippen LogP contribution in [0.2, 0.25) is 0 Å². The van der Waals surface area contributed by atoms with Crippen molar-refractivity contribution in [3.63, 3.8) is 0 Å². The summed E-state index contributed by atoms with van der Waals surface area (Å²) in [4.78, 5) is 12.0. The van der Waals surface area contributed by atoms with Crippen LogP contribution < -0.4 is 15.8 Å². The lowest BCUT2D eigenvalue weighted by Gasteiger charge is -2.14. The Morgan fingerprint density at radius 2 is 1.88 bits per heavy atom. The number of aryl methyl sites for hydroxylation is 1. The lowest BCUT2D eigenvalue weighted by molar-refractivity contribution is -0.123. The molecule has 2 rings (SSSR count). The van der Waals surface area contributed by atoms with Gasteiger partial charge in [0.15, 0.2) is 0 Å². The van der Waals surface area contributed by atoms with Gasteiger partial charge in [0.1, 0.15) is 11.5 Å². The third-order valence-corrected chi connectivity index (χ3v) is 3.71. The number of benzene rings is 2. The zero-order valence-corrected chi connectivity index (χ0v) is 14.1. The summed E-state index contributed by atoms with van der Waals surface area (Å²) in [6.45, 7) is 2.74. The first-order valence-corrected chi connectivity index (χ1v) is 7.94. The zero-order valence-electron chi connectivity index (χ0n) is 14.1. The van der Waals surface area contributed by atoms with E-state index in [1.807, 2.05) is 55.5 Å². The summed E-state index contributed by atoms with van der Waals surface area (Å²) in [5.74, 6) is 1.39. The molecule has 5 nitrogen and oxygen atoms in total. The second-order valence-corrected chi connectivity index (χ2v) is 5.60. The van der Waals surface area contributed by atoms with Crippen molar-refractivity contribution < 1.29 is 14.3 Å².